The molecular formula is C18H13BrF7NO2. The molecule has 0 aliphatic rings. The SMILES string of the molecule is CCCc1cc(Br)c(-c2ccc([N+](=O)[O-])cc2)c(C(F)(C(F)(F)F)C(F)(F)F)c1. The minimum atomic E-state index is -6.29. The Hall–Kier alpha value is -2.17. The van der Waals surface area contributed by atoms with Crippen LogP contribution in [-0.2, 0) is 12.1 Å². The third kappa shape index (κ3) is 4.24. The highest BCUT2D eigenvalue weighted by atomic mass is 79.9. The molecule has 2 aromatic rings. The average molecular weight is 488 g/mol. The Balaban J connectivity index is 2.89. The van der Waals surface area contributed by atoms with Crippen LogP contribution in [-0.4, -0.2) is 17.3 Å². The fourth-order valence-electron chi connectivity index (χ4n) is 2.88. The molecule has 0 N–H and O–H groups in total. The lowest BCUT2D eigenvalue weighted by molar-refractivity contribution is -0.384. The van der Waals surface area contributed by atoms with E-state index in [1.165, 1.54) is 6.07 Å². The molecule has 29 heavy (non-hydrogen) atoms. The minimum Gasteiger partial charge on any atom is -0.258 e. The van der Waals surface area contributed by atoms with E-state index >= 15 is 0 Å². The molecule has 0 fully saturated rings. The first-order valence-electron chi connectivity index (χ1n) is 8.14. The average Bonchev–Trinajstić information content (AvgIpc) is 2.59. The number of nitro groups is 1. The lowest BCUT2D eigenvalue weighted by Crippen LogP contribution is -2.50. The number of aryl methyl sites for hydroxylation is 1. The van der Waals surface area contributed by atoms with Gasteiger partial charge in [-0.2, -0.15) is 26.3 Å². The zero-order valence-electron chi connectivity index (χ0n) is 14.7. The standard InChI is InChI=1S/C18H13BrF7NO2/c1-2-3-10-8-13(16(20,17(21,22)23)18(24,25)26)15(14(19)9-10)11-4-6-12(7-5-11)27(28)29/h4-9H,2-3H2,1H3. The van der Waals surface area contributed by atoms with E-state index in [9.17, 15) is 40.8 Å². The normalized spacial score (nSPS) is 12.9. The van der Waals surface area contributed by atoms with E-state index in [-0.39, 0.29) is 22.0 Å². The van der Waals surface area contributed by atoms with Crippen molar-refractivity contribution in [2.45, 2.75) is 37.8 Å². The van der Waals surface area contributed by atoms with Gasteiger partial charge in [0.2, 0.25) is 0 Å². The van der Waals surface area contributed by atoms with Gasteiger partial charge in [0.15, 0.2) is 0 Å². The van der Waals surface area contributed by atoms with Crippen LogP contribution in [0.25, 0.3) is 11.1 Å². The number of non-ortho nitro benzene ring substituents is 1. The fraction of sp³-hybridized carbons (Fsp3) is 0.333. The molecule has 0 radical (unpaired) electrons. The smallest absolute Gasteiger partial charge is 0.258 e. The van der Waals surface area contributed by atoms with E-state index in [4.69, 9.17) is 0 Å². The third-order valence-electron chi connectivity index (χ3n) is 4.21. The van der Waals surface area contributed by atoms with Crippen molar-refractivity contribution in [1.29, 1.82) is 0 Å². The molecule has 0 saturated carbocycles. The molecule has 0 aliphatic carbocycles. The summed E-state index contributed by atoms with van der Waals surface area (Å²) in [6, 6.07) is 5.60. The van der Waals surface area contributed by atoms with Crippen LogP contribution in [0.1, 0.15) is 24.5 Å². The molecular weight excluding hydrogens is 475 g/mol. The maximum absolute atomic E-state index is 14.9. The lowest BCUT2D eigenvalue weighted by Gasteiger charge is -2.32. The van der Waals surface area contributed by atoms with E-state index in [2.05, 4.69) is 15.9 Å². The molecule has 0 atom stereocenters. The number of halogens is 8. The Labute approximate surface area is 168 Å². The Morgan fingerprint density at radius 3 is 1.90 bits per heavy atom. The second kappa shape index (κ2) is 7.92. The molecule has 0 unspecified atom stereocenters. The first-order valence-corrected chi connectivity index (χ1v) is 8.93. The van der Waals surface area contributed by atoms with Crippen molar-refractivity contribution in [3.05, 3.63) is 62.1 Å². The minimum absolute atomic E-state index is 0.0792. The molecule has 11 heteroatoms. The van der Waals surface area contributed by atoms with E-state index in [0.29, 0.717) is 12.5 Å². The number of hydrogen-bond acceptors (Lipinski definition) is 2. The molecule has 158 valence electrons. The molecule has 0 saturated heterocycles. The number of hydrogen-bond donors (Lipinski definition) is 0. The van der Waals surface area contributed by atoms with Gasteiger partial charge in [0, 0.05) is 27.7 Å². The second-order valence-corrected chi connectivity index (χ2v) is 7.06. The molecule has 0 amide bonds. The molecule has 3 nitrogen and oxygen atoms in total. The maximum Gasteiger partial charge on any atom is 0.435 e. The highest BCUT2D eigenvalue weighted by molar-refractivity contribution is 9.10. The molecule has 0 spiro atoms. The van der Waals surface area contributed by atoms with Crippen LogP contribution < -0.4 is 0 Å². The summed E-state index contributed by atoms with van der Waals surface area (Å²) in [4.78, 5) is 9.98. The van der Waals surface area contributed by atoms with Crippen LogP contribution in [0, 0.1) is 10.1 Å². The predicted molar refractivity (Wildman–Crippen MR) is 95.1 cm³/mol. The predicted octanol–water partition coefficient (Wildman–Crippen LogP) is 7.27. The largest absolute Gasteiger partial charge is 0.435 e. The molecule has 0 aliphatic heterocycles. The fourth-order valence-corrected chi connectivity index (χ4v) is 3.61. The van der Waals surface area contributed by atoms with E-state index in [1.807, 2.05) is 0 Å². The van der Waals surface area contributed by atoms with Gasteiger partial charge in [-0.1, -0.05) is 35.3 Å². The Bertz CT molecular complexity index is 894. The highest BCUT2D eigenvalue weighted by Crippen LogP contribution is 2.56. The number of nitrogens with zero attached hydrogens (tertiary/aromatic N) is 1. The molecule has 2 aromatic carbocycles. The Kier molecular flexibility index (Phi) is 6.32. The van der Waals surface area contributed by atoms with Crippen molar-refractivity contribution in [3.63, 3.8) is 0 Å². The van der Waals surface area contributed by atoms with Crippen molar-refractivity contribution < 1.29 is 35.7 Å². The summed E-state index contributed by atoms with van der Waals surface area (Å²) in [5.41, 5.74) is -8.52. The van der Waals surface area contributed by atoms with Gasteiger partial charge in [-0.05, 0) is 35.7 Å². The van der Waals surface area contributed by atoms with Gasteiger partial charge in [-0.15, -0.1) is 0 Å². The van der Waals surface area contributed by atoms with Crippen LogP contribution in [0.3, 0.4) is 0 Å². The summed E-state index contributed by atoms with van der Waals surface area (Å²) in [5, 5.41) is 10.8. The number of rotatable bonds is 5. The van der Waals surface area contributed by atoms with Crippen molar-refractivity contribution >= 4 is 21.6 Å². The quantitative estimate of drug-likeness (QED) is 0.253. The van der Waals surface area contributed by atoms with Crippen LogP contribution in [0.5, 0.6) is 0 Å². The van der Waals surface area contributed by atoms with Crippen LogP contribution in [0.15, 0.2) is 40.9 Å². The number of alkyl halides is 7. The molecule has 2 rings (SSSR count). The Morgan fingerprint density at radius 1 is 0.966 bits per heavy atom. The zero-order valence-corrected chi connectivity index (χ0v) is 16.3. The van der Waals surface area contributed by atoms with Gasteiger partial charge < -0.3 is 0 Å². The van der Waals surface area contributed by atoms with Crippen LogP contribution in [0.4, 0.5) is 36.4 Å². The molecule has 0 aromatic heterocycles. The Morgan fingerprint density at radius 2 is 1.48 bits per heavy atom. The lowest BCUT2D eigenvalue weighted by atomic mass is 9.85. The van der Waals surface area contributed by atoms with E-state index in [1.54, 1.807) is 6.92 Å². The summed E-state index contributed by atoms with van der Waals surface area (Å²) in [6.07, 6.45) is -12.0. The summed E-state index contributed by atoms with van der Waals surface area (Å²) < 4.78 is 95.1. The van der Waals surface area contributed by atoms with Gasteiger partial charge in [0.25, 0.3) is 5.69 Å². The van der Waals surface area contributed by atoms with E-state index < -0.39 is 39.8 Å². The van der Waals surface area contributed by atoms with Gasteiger partial charge >= 0.3 is 18.0 Å². The second-order valence-electron chi connectivity index (χ2n) is 6.21. The van der Waals surface area contributed by atoms with Crippen LogP contribution in [0.2, 0.25) is 0 Å². The first-order chi connectivity index (χ1) is 13.2. The van der Waals surface area contributed by atoms with Gasteiger partial charge in [-0.3, -0.25) is 10.1 Å². The molecule has 0 heterocycles. The summed E-state index contributed by atoms with van der Waals surface area (Å²) in [7, 11) is 0. The summed E-state index contributed by atoms with van der Waals surface area (Å²) >= 11 is 2.94. The van der Waals surface area contributed by atoms with Crippen molar-refractivity contribution in [1.82, 2.24) is 0 Å². The number of benzene rings is 2. The number of nitro benzene ring substituents is 1. The summed E-state index contributed by atoms with van der Waals surface area (Å²) in [5.74, 6) is 0. The van der Waals surface area contributed by atoms with Crippen LogP contribution >= 0.6 is 15.9 Å². The topological polar surface area (TPSA) is 43.1 Å². The van der Waals surface area contributed by atoms with Crippen molar-refractivity contribution in [2.24, 2.45) is 0 Å². The van der Waals surface area contributed by atoms with Gasteiger partial charge in [0.1, 0.15) is 0 Å². The highest BCUT2D eigenvalue weighted by Gasteiger charge is 2.74. The summed E-state index contributed by atoms with van der Waals surface area (Å²) in [6.45, 7) is 1.66. The maximum atomic E-state index is 14.9. The third-order valence-corrected chi connectivity index (χ3v) is 4.83. The molecule has 0 bridgehead atoms. The monoisotopic (exact) mass is 487 g/mol. The first kappa shape index (κ1) is 23.1. The van der Waals surface area contributed by atoms with Crippen molar-refractivity contribution in [2.75, 3.05) is 0 Å². The van der Waals surface area contributed by atoms with Gasteiger partial charge in [-0.25, -0.2) is 4.39 Å². The zero-order chi connectivity index (χ0) is 22.2. The van der Waals surface area contributed by atoms with Gasteiger partial charge in [0.05, 0.1) is 4.92 Å². The van der Waals surface area contributed by atoms with Crippen molar-refractivity contribution in [3.8, 4) is 11.1 Å². The van der Waals surface area contributed by atoms with E-state index in [0.717, 1.165) is 24.3 Å².